The van der Waals surface area contributed by atoms with Crippen molar-refractivity contribution in [3.05, 3.63) is 24.3 Å². The summed E-state index contributed by atoms with van der Waals surface area (Å²) in [5.74, 6) is -0.942. The van der Waals surface area contributed by atoms with Crippen LogP contribution in [0.4, 0.5) is 0 Å². The largest absolute Gasteiger partial charge is 0.465 e. The number of rotatable bonds is 26. The summed E-state index contributed by atoms with van der Waals surface area (Å²) in [5.41, 5.74) is -0.123. The number of ether oxygens (including phenoxy) is 4. The lowest BCUT2D eigenvalue weighted by Crippen LogP contribution is -2.42. The predicted molar refractivity (Wildman–Crippen MR) is 179 cm³/mol. The van der Waals surface area contributed by atoms with Gasteiger partial charge in [0.25, 0.3) is 0 Å². The molecular weight excluding hydrogens is 588 g/mol. The number of carbonyl (C=O) groups excluding carboxylic acids is 4. The van der Waals surface area contributed by atoms with Crippen molar-refractivity contribution in [1.29, 1.82) is 0 Å². The fourth-order valence-electron chi connectivity index (χ4n) is 5.52. The Kier molecular flexibility index (Phi) is 22.8. The summed E-state index contributed by atoms with van der Waals surface area (Å²) in [6.45, 7) is 9.56. The molecule has 3 unspecified atom stereocenters. The van der Waals surface area contributed by atoms with Crippen LogP contribution >= 0.6 is 0 Å². The third kappa shape index (κ3) is 19.7. The van der Waals surface area contributed by atoms with Crippen molar-refractivity contribution in [1.82, 2.24) is 0 Å². The molecule has 1 aliphatic carbocycles. The molecule has 0 aromatic heterocycles. The van der Waals surface area contributed by atoms with E-state index in [1.807, 2.05) is 13.0 Å². The van der Waals surface area contributed by atoms with Crippen LogP contribution in [0, 0.1) is 17.3 Å². The highest BCUT2D eigenvalue weighted by molar-refractivity contribution is 5.71. The molecule has 0 radical (unpaired) electrons. The molecule has 9 heteroatoms. The van der Waals surface area contributed by atoms with E-state index in [1.165, 1.54) is 19.3 Å². The monoisotopic (exact) mass is 650 g/mol. The highest BCUT2D eigenvalue weighted by atomic mass is 16.6. The van der Waals surface area contributed by atoms with Crippen LogP contribution in [0.15, 0.2) is 24.3 Å². The minimum Gasteiger partial charge on any atom is -0.465 e. The maximum atomic E-state index is 12.8. The van der Waals surface area contributed by atoms with Crippen LogP contribution in [0.1, 0.15) is 136 Å². The Bertz CT molecular complexity index is 928. The number of aliphatic hydroxyl groups excluding tert-OH is 1. The van der Waals surface area contributed by atoms with Crippen molar-refractivity contribution < 1.29 is 43.2 Å². The molecule has 9 nitrogen and oxygen atoms in total. The lowest BCUT2D eigenvalue weighted by Gasteiger charge is -2.32. The SMILES string of the molecule is C=C1CC(CC)CC(CC(=O)OCC(CO)(COC(=O)CCCCC)COC(=O)CCCCC(=O)OCC/C=C\CCCCC)C1. The molecule has 264 valence electrons. The van der Waals surface area contributed by atoms with E-state index >= 15 is 0 Å². The zero-order chi connectivity index (χ0) is 34.0. The maximum absolute atomic E-state index is 12.8. The van der Waals surface area contributed by atoms with E-state index in [0.29, 0.717) is 38.2 Å². The summed E-state index contributed by atoms with van der Waals surface area (Å²) >= 11 is 0. The standard InChI is InChI=1S/C37H62O9/c1-5-8-10-11-12-13-17-21-43-33(39)19-15-16-20-35(41)45-28-37(26-38,27-44-34(40)18-14-9-6-2)29-46-36(42)25-32-23-30(4)22-31(7-3)24-32/h12-13,31-32,38H,4-11,14-29H2,1-3H3/b13-12-. The average Bonchev–Trinajstić information content (AvgIpc) is 3.04. The van der Waals surface area contributed by atoms with Crippen molar-refractivity contribution in [2.24, 2.45) is 17.3 Å². The summed E-state index contributed by atoms with van der Waals surface area (Å²) in [5, 5.41) is 10.3. The molecule has 0 bridgehead atoms. The smallest absolute Gasteiger partial charge is 0.306 e. The first-order chi connectivity index (χ1) is 22.2. The molecule has 1 aliphatic rings. The van der Waals surface area contributed by atoms with Crippen molar-refractivity contribution in [3.63, 3.8) is 0 Å². The van der Waals surface area contributed by atoms with Crippen LogP contribution in [0.3, 0.4) is 0 Å². The van der Waals surface area contributed by atoms with E-state index in [1.54, 1.807) is 0 Å². The van der Waals surface area contributed by atoms with Crippen LogP contribution < -0.4 is 0 Å². The Morgan fingerprint density at radius 2 is 1.22 bits per heavy atom. The second kappa shape index (κ2) is 25.4. The third-order valence-electron chi connectivity index (χ3n) is 8.49. The fourth-order valence-corrected chi connectivity index (χ4v) is 5.52. The maximum Gasteiger partial charge on any atom is 0.306 e. The lowest BCUT2D eigenvalue weighted by atomic mass is 9.76. The first-order valence-corrected chi connectivity index (χ1v) is 17.7. The summed E-state index contributed by atoms with van der Waals surface area (Å²) in [4.78, 5) is 49.7. The molecule has 1 rings (SSSR count). The summed E-state index contributed by atoms with van der Waals surface area (Å²) in [6, 6.07) is 0. The molecule has 0 saturated heterocycles. The van der Waals surface area contributed by atoms with E-state index in [2.05, 4.69) is 26.5 Å². The normalized spacial score (nSPS) is 17.8. The molecule has 1 fully saturated rings. The van der Waals surface area contributed by atoms with E-state index in [0.717, 1.165) is 50.5 Å². The highest BCUT2D eigenvalue weighted by Gasteiger charge is 2.36. The molecule has 0 aliphatic heterocycles. The third-order valence-corrected chi connectivity index (χ3v) is 8.49. The number of unbranched alkanes of at least 4 members (excludes halogenated alkanes) is 6. The Hall–Kier alpha value is -2.68. The van der Waals surface area contributed by atoms with Crippen LogP contribution in [0.2, 0.25) is 0 Å². The zero-order valence-corrected chi connectivity index (χ0v) is 29.0. The van der Waals surface area contributed by atoms with Gasteiger partial charge in [0.05, 0.1) is 18.6 Å². The minimum atomic E-state index is -1.28. The number of allylic oxidation sites excluding steroid dienone is 2. The number of aliphatic hydroxyl groups is 1. The first kappa shape index (κ1) is 41.3. The van der Waals surface area contributed by atoms with E-state index in [9.17, 15) is 24.3 Å². The van der Waals surface area contributed by atoms with E-state index < -0.39 is 29.9 Å². The van der Waals surface area contributed by atoms with Gasteiger partial charge in [-0.3, -0.25) is 19.2 Å². The summed E-state index contributed by atoms with van der Waals surface area (Å²) < 4.78 is 21.8. The van der Waals surface area contributed by atoms with Gasteiger partial charge < -0.3 is 24.1 Å². The molecule has 0 spiro atoms. The Morgan fingerprint density at radius 3 is 1.78 bits per heavy atom. The highest BCUT2D eigenvalue weighted by Crippen LogP contribution is 2.35. The molecule has 1 N–H and O–H groups in total. The van der Waals surface area contributed by atoms with Gasteiger partial charge in [0.2, 0.25) is 0 Å². The van der Waals surface area contributed by atoms with Gasteiger partial charge >= 0.3 is 23.9 Å². The number of esters is 4. The van der Waals surface area contributed by atoms with Gasteiger partial charge in [-0.2, -0.15) is 0 Å². The van der Waals surface area contributed by atoms with Gasteiger partial charge in [-0.05, 0) is 69.6 Å². The van der Waals surface area contributed by atoms with Crippen molar-refractivity contribution in [2.75, 3.05) is 33.0 Å². The molecule has 0 aromatic rings. The van der Waals surface area contributed by atoms with Crippen LogP contribution in [0.25, 0.3) is 0 Å². The molecular formula is C37H62O9. The molecule has 46 heavy (non-hydrogen) atoms. The average molecular weight is 651 g/mol. The van der Waals surface area contributed by atoms with Gasteiger partial charge in [-0.15, -0.1) is 0 Å². The van der Waals surface area contributed by atoms with Crippen molar-refractivity contribution >= 4 is 23.9 Å². The van der Waals surface area contributed by atoms with E-state index in [4.69, 9.17) is 18.9 Å². The Morgan fingerprint density at radius 1 is 0.717 bits per heavy atom. The molecule has 0 amide bonds. The van der Waals surface area contributed by atoms with Gasteiger partial charge in [-0.1, -0.05) is 77.2 Å². The van der Waals surface area contributed by atoms with Crippen molar-refractivity contribution in [3.8, 4) is 0 Å². The fraction of sp³-hybridized carbons (Fsp3) is 0.784. The molecule has 0 aromatic carbocycles. The van der Waals surface area contributed by atoms with Gasteiger partial charge in [-0.25, -0.2) is 0 Å². The predicted octanol–water partition coefficient (Wildman–Crippen LogP) is 7.58. The number of carbonyl (C=O) groups is 4. The summed E-state index contributed by atoms with van der Waals surface area (Å²) in [7, 11) is 0. The van der Waals surface area contributed by atoms with Gasteiger partial charge in [0.1, 0.15) is 19.8 Å². The summed E-state index contributed by atoms with van der Waals surface area (Å²) in [6.07, 6.45) is 17.5. The Labute approximate surface area is 277 Å². The molecule has 3 atom stereocenters. The van der Waals surface area contributed by atoms with E-state index in [-0.39, 0.29) is 57.4 Å². The first-order valence-electron chi connectivity index (χ1n) is 17.7. The second-order valence-electron chi connectivity index (χ2n) is 13.0. The quantitative estimate of drug-likeness (QED) is 0.0436. The van der Waals surface area contributed by atoms with Crippen molar-refractivity contribution in [2.45, 2.75) is 136 Å². The Balaban J connectivity index is 2.54. The van der Waals surface area contributed by atoms with Crippen LogP contribution in [-0.4, -0.2) is 62.0 Å². The zero-order valence-electron chi connectivity index (χ0n) is 29.0. The lowest BCUT2D eigenvalue weighted by molar-refractivity contribution is -0.166. The minimum absolute atomic E-state index is 0.0794. The molecule has 0 heterocycles. The van der Waals surface area contributed by atoms with Crippen LogP contribution in [-0.2, 0) is 38.1 Å². The van der Waals surface area contributed by atoms with Crippen LogP contribution in [0.5, 0.6) is 0 Å². The number of hydrogen-bond acceptors (Lipinski definition) is 9. The van der Waals surface area contributed by atoms with Gasteiger partial charge in [0, 0.05) is 25.7 Å². The second-order valence-corrected chi connectivity index (χ2v) is 13.0. The number of hydrogen-bond donors (Lipinski definition) is 1. The molecule has 1 saturated carbocycles. The van der Waals surface area contributed by atoms with Gasteiger partial charge in [0.15, 0.2) is 0 Å². The topological polar surface area (TPSA) is 125 Å².